The molecule has 1 aliphatic carbocycles. The number of phosphoric ester groups is 1. The van der Waals surface area contributed by atoms with Crippen molar-refractivity contribution in [3.8, 4) is 0 Å². The molecule has 0 amide bonds. The number of aliphatic hydroxyl groups excluding tert-OH is 5. The van der Waals surface area contributed by atoms with Crippen molar-refractivity contribution < 1.29 is 63.1 Å². The molecule has 0 aromatic carbocycles. The van der Waals surface area contributed by atoms with Gasteiger partial charge >= 0.3 is 19.8 Å². The van der Waals surface area contributed by atoms with Gasteiger partial charge in [-0.1, -0.05) is 203 Å². The van der Waals surface area contributed by atoms with Crippen molar-refractivity contribution >= 4 is 19.8 Å². The summed E-state index contributed by atoms with van der Waals surface area (Å²) in [5.41, 5.74) is 0. The Morgan fingerprint density at radius 3 is 1.24 bits per heavy atom. The van der Waals surface area contributed by atoms with Crippen molar-refractivity contribution in [3.63, 3.8) is 0 Å². The second-order valence-electron chi connectivity index (χ2n) is 19.4. The Balaban J connectivity index is 2.39. The topological polar surface area (TPSA) is 210 Å². The first-order valence-corrected chi connectivity index (χ1v) is 29.6. The highest BCUT2D eigenvalue weighted by atomic mass is 31.2. The number of esters is 2. The fourth-order valence-corrected chi connectivity index (χ4v) is 9.31. The molecule has 0 radical (unpaired) electrons. The van der Waals surface area contributed by atoms with E-state index >= 15 is 0 Å². The molecule has 0 heterocycles. The summed E-state index contributed by atoms with van der Waals surface area (Å²) in [5.74, 6) is -1.17. The van der Waals surface area contributed by atoms with Gasteiger partial charge in [0, 0.05) is 12.8 Å². The number of allylic oxidation sites excluding steroid dienone is 10. The van der Waals surface area contributed by atoms with Crippen LogP contribution >= 0.6 is 7.82 Å². The van der Waals surface area contributed by atoms with Gasteiger partial charge < -0.3 is 39.9 Å². The highest BCUT2D eigenvalue weighted by Gasteiger charge is 2.51. The van der Waals surface area contributed by atoms with Gasteiger partial charge in [-0.15, -0.1) is 0 Å². The van der Waals surface area contributed by atoms with E-state index in [0.29, 0.717) is 19.3 Å². The lowest BCUT2D eigenvalue weighted by molar-refractivity contribution is -0.220. The Morgan fingerprint density at radius 2 is 0.775 bits per heavy atom. The molecule has 6 N–H and O–H groups in total. The summed E-state index contributed by atoms with van der Waals surface area (Å²) in [7, 11) is -5.14. The van der Waals surface area contributed by atoms with Gasteiger partial charge in [0.05, 0.1) is 6.61 Å². The average molecular weight is 1030 g/mol. The first-order chi connectivity index (χ1) is 34.4. The molecule has 14 heteroatoms. The Bertz CT molecular complexity index is 1470. The predicted octanol–water partition coefficient (Wildman–Crippen LogP) is 12.8. The predicted molar refractivity (Wildman–Crippen MR) is 286 cm³/mol. The number of hydrogen-bond acceptors (Lipinski definition) is 12. The van der Waals surface area contributed by atoms with Crippen LogP contribution in [0.15, 0.2) is 60.8 Å². The summed E-state index contributed by atoms with van der Waals surface area (Å²) in [6, 6.07) is 0. The van der Waals surface area contributed by atoms with Gasteiger partial charge in [-0.25, -0.2) is 4.57 Å². The minimum absolute atomic E-state index is 0.0409. The van der Waals surface area contributed by atoms with Crippen molar-refractivity contribution in [1.82, 2.24) is 0 Å². The number of rotatable bonds is 47. The molecule has 6 unspecified atom stereocenters. The highest BCUT2D eigenvalue weighted by Crippen LogP contribution is 2.47. The maximum absolute atomic E-state index is 12.9. The van der Waals surface area contributed by atoms with Gasteiger partial charge in [0.15, 0.2) is 6.10 Å². The highest BCUT2D eigenvalue weighted by molar-refractivity contribution is 7.47. The van der Waals surface area contributed by atoms with Crippen LogP contribution in [-0.4, -0.2) is 98.3 Å². The standard InChI is InChI=1S/C57H101O13P/c1-3-5-7-9-11-13-15-17-19-21-23-24-25-26-28-30-32-34-36-38-40-42-44-46-51(59)69-49(48-68-71(65,66)70-57-55(63)53(61)52(60)54(62)56(57)64)47-67-50(58)45-43-41-39-37-35-33-31-29-27-22-20-18-16-14-12-10-8-6-4-2/h12,14,18,20,27,29,33,35,38,40,49,52-57,60-64H,3-11,13,15-17,19,21-26,28,30-32,34,36-37,39,41-48H2,1-2H3,(H,65,66)/b14-12+,20-18+,29-27+,35-33+,40-38+/t49-,52?,53-,54?,55?,56?,57?/m1/s1. The van der Waals surface area contributed by atoms with Crippen LogP contribution in [0.25, 0.3) is 0 Å². The third kappa shape index (κ3) is 37.9. The van der Waals surface area contributed by atoms with Crippen molar-refractivity contribution in [2.24, 2.45) is 0 Å². The van der Waals surface area contributed by atoms with E-state index in [0.717, 1.165) is 57.8 Å². The van der Waals surface area contributed by atoms with E-state index in [1.54, 1.807) is 0 Å². The number of carbonyl (C=O) groups is 2. The Kier molecular flexibility index (Phi) is 43.2. The fourth-order valence-electron chi connectivity index (χ4n) is 8.34. The van der Waals surface area contributed by atoms with Crippen LogP contribution in [0.5, 0.6) is 0 Å². The number of aliphatic hydroxyl groups is 5. The number of hydrogen-bond donors (Lipinski definition) is 6. The van der Waals surface area contributed by atoms with Crippen LogP contribution in [-0.2, 0) is 32.7 Å². The smallest absolute Gasteiger partial charge is 0.462 e. The van der Waals surface area contributed by atoms with Crippen LogP contribution in [0.3, 0.4) is 0 Å². The van der Waals surface area contributed by atoms with E-state index in [9.17, 15) is 44.6 Å². The number of unbranched alkanes of at least 4 members (excludes halogenated alkanes) is 25. The van der Waals surface area contributed by atoms with Crippen LogP contribution < -0.4 is 0 Å². The molecule has 13 nitrogen and oxygen atoms in total. The third-order valence-corrected chi connectivity index (χ3v) is 13.8. The molecule has 0 aromatic rings. The molecule has 1 rings (SSSR count). The lowest BCUT2D eigenvalue weighted by Gasteiger charge is -2.41. The molecule has 1 saturated carbocycles. The Labute approximate surface area is 430 Å². The largest absolute Gasteiger partial charge is 0.472 e. The van der Waals surface area contributed by atoms with Crippen LogP contribution in [0.1, 0.15) is 232 Å². The molecule has 1 aliphatic rings. The Morgan fingerprint density at radius 1 is 0.437 bits per heavy atom. The van der Waals surface area contributed by atoms with E-state index in [2.05, 4.69) is 68.5 Å². The van der Waals surface area contributed by atoms with E-state index in [4.69, 9.17) is 18.5 Å². The van der Waals surface area contributed by atoms with Crippen LogP contribution in [0, 0.1) is 0 Å². The molecule has 1 fully saturated rings. The van der Waals surface area contributed by atoms with Crippen molar-refractivity contribution in [2.75, 3.05) is 13.2 Å². The lowest BCUT2D eigenvalue weighted by Crippen LogP contribution is -2.64. The average Bonchev–Trinajstić information content (AvgIpc) is 3.35. The van der Waals surface area contributed by atoms with Gasteiger partial charge in [0.25, 0.3) is 0 Å². The second kappa shape index (κ2) is 46.1. The van der Waals surface area contributed by atoms with Crippen molar-refractivity contribution in [1.29, 1.82) is 0 Å². The second-order valence-corrected chi connectivity index (χ2v) is 20.8. The monoisotopic (exact) mass is 1020 g/mol. The molecular formula is C57H101O13P. The molecule has 0 aromatic heterocycles. The van der Waals surface area contributed by atoms with E-state index < -0.39 is 75.7 Å². The molecule has 0 spiro atoms. The maximum Gasteiger partial charge on any atom is 0.472 e. The zero-order valence-electron chi connectivity index (χ0n) is 44.3. The Hall–Kier alpha value is -2.45. The SMILES string of the molecule is CCCCC/C=C/C/C=C/C/C=C/C/C=C/CCCCCC(=O)OC[C@H](COP(=O)(O)OC1C(O)C(O)C(O)[C@@H](O)C1O)OC(=O)CCC/C=C/CCCCCCCCCCCCCCCCCCCC. The minimum Gasteiger partial charge on any atom is -0.462 e. The third-order valence-electron chi connectivity index (χ3n) is 12.8. The first kappa shape index (κ1) is 66.6. The molecule has 0 bridgehead atoms. The molecule has 0 aliphatic heterocycles. The van der Waals surface area contributed by atoms with Crippen molar-refractivity contribution in [3.05, 3.63) is 60.8 Å². The van der Waals surface area contributed by atoms with Gasteiger partial charge in [-0.05, 0) is 77.0 Å². The molecule has 0 saturated heterocycles. The normalized spacial score (nSPS) is 21.1. The van der Waals surface area contributed by atoms with Gasteiger partial charge in [-0.2, -0.15) is 0 Å². The zero-order chi connectivity index (χ0) is 52.1. The van der Waals surface area contributed by atoms with Crippen molar-refractivity contribution in [2.45, 2.75) is 275 Å². The number of ether oxygens (including phenoxy) is 2. The van der Waals surface area contributed by atoms with E-state index in [1.807, 2.05) is 6.08 Å². The maximum atomic E-state index is 12.9. The lowest BCUT2D eigenvalue weighted by atomic mass is 9.85. The van der Waals surface area contributed by atoms with Gasteiger partial charge in [0.1, 0.15) is 43.2 Å². The molecule has 412 valence electrons. The number of phosphoric acid groups is 1. The first-order valence-electron chi connectivity index (χ1n) is 28.1. The van der Waals surface area contributed by atoms with Gasteiger partial charge in [0.2, 0.25) is 0 Å². The molecule has 8 atom stereocenters. The summed E-state index contributed by atoms with van der Waals surface area (Å²) >= 11 is 0. The number of carbonyl (C=O) groups excluding carboxylic acids is 2. The zero-order valence-corrected chi connectivity index (χ0v) is 45.2. The van der Waals surface area contributed by atoms with Gasteiger partial charge in [-0.3, -0.25) is 18.6 Å². The molecule has 71 heavy (non-hydrogen) atoms. The fraction of sp³-hybridized carbons (Fsp3) is 0.789. The van der Waals surface area contributed by atoms with Crippen LogP contribution in [0.2, 0.25) is 0 Å². The summed E-state index contributed by atoms with van der Waals surface area (Å²) in [6.45, 7) is 3.26. The summed E-state index contributed by atoms with van der Waals surface area (Å²) in [5, 5.41) is 50.3. The summed E-state index contributed by atoms with van der Waals surface area (Å²) in [4.78, 5) is 35.9. The summed E-state index contributed by atoms with van der Waals surface area (Å²) in [6.07, 6.45) is 45.6. The minimum atomic E-state index is -5.14. The van der Waals surface area contributed by atoms with Crippen LogP contribution in [0.4, 0.5) is 0 Å². The molecular weight excluding hydrogens is 924 g/mol. The quantitative estimate of drug-likeness (QED) is 0.0145. The van der Waals surface area contributed by atoms with E-state index in [-0.39, 0.29) is 12.8 Å². The van der Waals surface area contributed by atoms with E-state index in [1.165, 1.54) is 128 Å². The summed E-state index contributed by atoms with van der Waals surface area (Å²) < 4.78 is 33.6.